The maximum Gasteiger partial charge on any atom is 0.244 e. The summed E-state index contributed by atoms with van der Waals surface area (Å²) in [4.78, 5) is 2.06. The van der Waals surface area contributed by atoms with Gasteiger partial charge in [0.15, 0.2) is 0 Å². The van der Waals surface area contributed by atoms with Crippen molar-refractivity contribution in [2.24, 2.45) is 0 Å². The van der Waals surface area contributed by atoms with Crippen LogP contribution in [0.25, 0.3) is 0 Å². The lowest BCUT2D eigenvalue weighted by atomic mass is 10.3. The summed E-state index contributed by atoms with van der Waals surface area (Å²) in [5.74, 6) is 0. The van der Waals surface area contributed by atoms with Crippen LogP contribution in [0.2, 0.25) is 10.0 Å². The van der Waals surface area contributed by atoms with Gasteiger partial charge in [0, 0.05) is 32.7 Å². The molecule has 1 aliphatic rings. The van der Waals surface area contributed by atoms with E-state index in [1.807, 2.05) is 18.7 Å². The minimum absolute atomic E-state index is 0.0282. The number of piperazine rings is 1. The van der Waals surface area contributed by atoms with Crippen molar-refractivity contribution in [3.8, 4) is 0 Å². The standard InChI is InChI=1S/C16H24Cl2N2O4S/c1-12(2)24-11-13(21)10-19-6-8-20(9-7-19)25(22,23)15-5-3-4-14(17)16(15)18/h3-5,12-13,21H,6-11H2,1-2H3. The Bertz CT molecular complexity index is 677. The van der Waals surface area contributed by atoms with Gasteiger partial charge in [-0.05, 0) is 26.0 Å². The van der Waals surface area contributed by atoms with Gasteiger partial charge in [-0.2, -0.15) is 4.31 Å². The van der Waals surface area contributed by atoms with E-state index in [1.54, 1.807) is 12.1 Å². The first-order valence-corrected chi connectivity index (χ1v) is 10.4. The van der Waals surface area contributed by atoms with Crippen molar-refractivity contribution in [3.63, 3.8) is 0 Å². The lowest BCUT2D eigenvalue weighted by molar-refractivity contribution is -0.0117. The quantitative estimate of drug-likeness (QED) is 0.744. The average Bonchev–Trinajstić information content (AvgIpc) is 2.56. The van der Waals surface area contributed by atoms with E-state index in [1.165, 1.54) is 10.4 Å². The Morgan fingerprint density at radius 2 is 1.84 bits per heavy atom. The third-order valence-corrected chi connectivity index (χ3v) is 6.83. The molecule has 1 saturated heterocycles. The molecule has 2 rings (SSSR count). The first-order valence-electron chi connectivity index (χ1n) is 8.18. The Hall–Kier alpha value is -0.410. The summed E-state index contributed by atoms with van der Waals surface area (Å²) in [7, 11) is -3.69. The molecule has 0 bridgehead atoms. The van der Waals surface area contributed by atoms with Crippen LogP contribution in [0.4, 0.5) is 0 Å². The molecule has 0 amide bonds. The summed E-state index contributed by atoms with van der Waals surface area (Å²) in [5, 5.41) is 10.3. The van der Waals surface area contributed by atoms with E-state index < -0.39 is 16.1 Å². The summed E-state index contributed by atoms with van der Waals surface area (Å²) >= 11 is 12.0. The number of β-amino-alcohol motifs (C(OH)–C–C–N with tert-alkyl or cyclic N) is 1. The summed E-state index contributed by atoms with van der Waals surface area (Å²) in [5.41, 5.74) is 0. The molecule has 142 valence electrons. The number of halogens is 2. The summed E-state index contributed by atoms with van der Waals surface area (Å²) < 4.78 is 32.3. The zero-order valence-electron chi connectivity index (χ0n) is 14.4. The maximum absolute atomic E-state index is 12.8. The highest BCUT2D eigenvalue weighted by atomic mass is 35.5. The van der Waals surface area contributed by atoms with Gasteiger partial charge in [0.1, 0.15) is 4.90 Å². The molecule has 1 fully saturated rings. The number of hydrogen-bond donors (Lipinski definition) is 1. The number of hydrogen-bond acceptors (Lipinski definition) is 5. The van der Waals surface area contributed by atoms with Gasteiger partial charge in [-0.15, -0.1) is 0 Å². The SMILES string of the molecule is CC(C)OCC(O)CN1CCN(S(=O)(=O)c2cccc(Cl)c2Cl)CC1. The van der Waals surface area contributed by atoms with Gasteiger partial charge in [0.2, 0.25) is 10.0 Å². The molecule has 1 heterocycles. The highest BCUT2D eigenvalue weighted by Crippen LogP contribution is 2.31. The molecule has 1 atom stereocenters. The van der Waals surface area contributed by atoms with Crippen molar-refractivity contribution in [1.82, 2.24) is 9.21 Å². The van der Waals surface area contributed by atoms with Crippen LogP contribution in [0.3, 0.4) is 0 Å². The van der Waals surface area contributed by atoms with Crippen LogP contribution in [0, 0.1) is 0 Å². The fraction of sp³-hybridized carbons (Fsp3) is 0.625. The van der Waals surface area contributed by atoms with Gasteiger partial charge in [0.25, 0.3) is 0 Å². The van der Waals surface area contributed by atoms with Crippen molar-refractivity contribution < 1.29 is 18.3 Å². The first kappa shape index (κ1) is 20.9. The smallest absolute Gasteiger partial charge is 0.244 e. The van der Waals surface area contributed by atoms with E-state index in [-0.39, 0.29) is 27.7 Å². The molecule has 1 aromatic carbocycles. The maximum atomic E-state index is 12.8. The molecule has 0 aromatic heterocycles. The van der Waals surface area contributed by atoms with E-state index in [0.29, 0.717) is 32.7 Å². The topological polar surface area (TPSA) is 70.1 Å². The van der Waals surface area contributed by atoms with Crippen LogP contribution in [0.1, 0.15) is 13.8 Å². The number of aliphatic hydroxyl groups excluding tert-OH is 1. The second-order valence-corrected chi connectivity index (χ2v) is 8.98. The highest BCUT2D eigenvalue weighted by Gasteiger charge is 2.31. The molecular weight excluding hydrogens is 387 g/mol. The summed E-state index contributed by atoms with van der Waals surface area (Å²) in [6, 6.07) is 4.59. The minimum atomic E-state index is -3.69. The lowest BCUT2D eigenvalue weighted by Crippen LogP contribution is -2.50. The number of benzene rings is 1. The van der Waals surface area contributed by atoms with E-state index >= 15 is 0 Å². The Balaban J connectivity index is 1.94. The van der Waals surface area contributed by atoms with Gasteiger partial charge < -0.3 is 9.84 Å². The van der Waals surface area contributed by atoms with Crippen LogP contribution in [-0.2, 0) is 14.8 Å². The molecule has 6 nitrogen and oxygen atoms in total. The normalized spacial score (nSPS) is 18.6. The van der Waals surface area contributed by atoms with Crippen LogP contribution in [0.5, 0.6) is 0 Å². The van der Waals surface area contributed by atoms with Crippen LogP contribution >= 0.6 is 23.2 Å². The van der Waals surface area contributed by atoms with Crippen molar-refractivity contribution in [1.29, 1.82) is 0 Å². The fourth-order valence-corrected chi connectivity index (χ4v) is 4.79. The molecule has 1 N–H and O–H groups in total. The molecule has 1 aromatic rings. The molecule has 0 saturated carbocycles. The average molecular weight is 411 g/mol. The van der Waals surface area contributed by atoms with Crippen molar-refractivity contribution in [2.45, 2.75) is 31.0 Å². The number of nitrogens with zero attached hydrogens (tertiary/aromatic N) is 2. The van der Waals surface area contributed by atoms with Crippen molar-refractivity contribution >= 4 is 33.2 Å². The predicted molar refractivity (Wildman–Crippen MR) is 98.8 cm³/mol. The predicted octanol–water partition coefficient (Wildman–Crippen LogP) is 2.09. The number of sulfonamides is 1. The molecule has 0 radical (unpaired) electrons. The molecule has 0 aliphatic carbocycles. The van der Waals surface area contributed by atoms with Gasteiger partial charge in [-0.25, -0.2) is 8.42 Å². The van der Waals surface area contributed by atoms with Crippen LogP contribution < -0.4 is 0 Å². The molecule has 0 spiro atoms. The Labute approximate surface area is 159 Å². The summed E-state index contributed by atoms with van der Waals surface area (Å²) in [6.45, 7) is 6.31. The minimum Gasteiger partial charge on any atom is -0.389 e. The van der Waals surface area contributed by atoms with Crippen molar-refractivity contribution in [2.75, 3.05) is 39.3 Å². The zero-order valence-corrected chi connectivity index (χ0v) is 16.7. The monoisotopic (exact) mass is 410 g/mol. The van der Waals surface area contributed by atoms with Gasteiger partial charge in [-0.1, -0.05) is 29.3 Å². The molecule has 1 unspecified atom stereocenters. The molecule has 1 aliphatic heterocycles. The van der Waals surface area contributed by atoms with Gasteiger partial charge in [0.05, 0.1) is 28.9 Å². The molecule has 25 heavy (non-hydrogen) atoms. The van der Waals surface area contributed by atoms with Gasteiger partial charge >= 0.3 is 0 Å². The van der Waals surface area contributed by atoms with E-state index in [2.05, 4.69) is 0 Å². The second kappa shape index (κ2) is 8.99. The van der Waals surface area contributed by atoms with E-state index in [4.69, 9.17) is 27.9 Å². The van der Waals surface area contributed by atoms with Crippen molar-refractivity contribution in [3.05, 3.63) is 28.2 Å². The summed E-state index contributed by atoms with van der Waals surface area (Å²) in [6.07, 6.45) is -0.521. The lowest BCUT2D eigenvalue weighted by Gasteiger charge is -2.35. The zero-order chi connectivity index (χ0) is 18.6. The van der Waals surface area contributed by atoms with Gasteiger partial charge in [-0.3, -0.25) is 4.90 Å². The second-order valence-electron chi connectivity index (χ2n) is 6.29. The Morgan fingerprint density at radius 3 is 2.44 bits per heavy atom. The third-order valence-electron chi connectivity index (χ3n) is 3.96. The molecular formula is C16H24Cl2N2O4S. The number of rotatable bonds is 7. The van der Waals surface area contributed by atoms with E-state index in [0.717, 1.165) is 0 Å². The number of ether oxygens (including phenoxy) is 1. The largest absolute Gasteiger partial charge is 0.389 e. The van der Waals surface area contributed by atoms with Crippen LogP contribution in [-0.4, -0.2) is 74.3 Å². The molecule has 9 heteroatoms. The fourth-order valence-electron chi connectivity index (χ4n) is 2.63. The highest BCUT2D eigenvalue weighted by molar-refractivity contribution is 7.89. The van der Waals surface area contributed by atoms with E-state index in [9.17, 15) is 13.5 Å². The first-order chi connectivity index (χ1) is 11.7. The Morgan fingerprint density at radius 1 is 1.20 bits per heavy atom. The van der Waals surface area contributed by atoms with Crippen LogP contribution in [0.15, 0.2) is 23.1 Å². The third kappa shape index (κ3) is 5.53. The number of aliphatic hydroxyl groups is 1. The Kier molecular flexibility index (Phi) is 7.52.